The molecule has 1 fully saturated rings. The lowest BCUT2D eigenvalue weighted by Crippen LogP contribution is -2.31. The van der Waals surface area contributed by atoms with Crippen LogP contribution in [-0.2, 0) is 9.47 Å². The van der Waals surface area contributed by atoms with Gasteiger partial charge in [0.2, 0.25) is 0 Å². The van der Waals surface area contributed by atoms with Crippen molar-refractivity contribution >= 4 is 0 Å². The number of aliphatic hydroxyl groups excluding tert-OH is 2. The van der Waals surface area contributed by atoms with Gasteiger partial charge in [0.15, 0.2) is 5.79 Å². The highest BCUT2D eigenvalue weighted by Crippen LogP contribution is 2.36. The van der Waals surface area contributed by atoms with Crippen molar-refractivity contribution in [2.24, 2.45) is 0 Å². The Morgan fingerprint density at radius 1 is 1.46 bits per heavy atom. The Labute approximate surface area is 76.8 Å². The van der Waals surface area contributed by atoms with Crippen LogP contribution in [0.4, 0.5) is 0 Å². The fourth-order valence-corrected chi connectivity index (χ4v) is 1.86. The minimum absolute atomic E-state index is 0.138. The van der Waals surface area contributed by atoms with Gasteiger partial charge in [-0.1, -0.05) is 0 Å². The maximum Gasteiger partial charge on any atom is 0.164 e. The van der Waals surface area contributed by atoms with Gasteiger partial charge in [-0.3, -0.25) is 0 Å². The predicted octanol–water partition coefficient (Wildman–Crippen LogP) is -0.200. The fraction of sp³-hybridized carbons (Fsp3) is 0.778. The van der Waals surface area contributed by atoms with Crippen molar-refractivity contribution in [3.8, 4) is 0 Å². The van der Waals surface area contributed by atoms with Crippen molar-refractivity contribution in [2.45, 2.75) is 37.9 Å². The monoisotopic (exact) mass is 186 g/mol. The summed E-state index contributed by atoms with van der Waals surface area (Å²) in [6, 6.07) is 0. The van der Waals surface area contributed by atoms with Gasteiger partial charge in [0, 0.05) is 0 Å². The zero-order chi connectivity index (χ0) is 9.64. The third kappa shape index (κ3) is 1.40. The topological polar surface area (TPSA) is 58.9 Å². The SMILES string of the molecule is CC1(C)O[C@@H]2[C@@H](C=C(CO)[C@@H]2O)O1. The van der Waals surface area contributed by atoms with Gasteiger partial charge in [-0.25, -0.2) is 0 Å². The number of fused-ring (bicyclic) bond motifs is 1. The molecule has 2 N–H and O–H groups in total. The van der Waals surface area contributed by atoms with Crippen molar-refractivity contribution in [1.29, 1.82) is 0 Å². The van der Waals surface area contributed by atoms with Gasteiger partial charge in [-0.2, -0.15) is 0 Å². The van der Waals surface area contributed by atoms with Crippen LogP contribution < -0.4 is 0 Å². The van der Waals surface area contributed by atoms with Crippen molar-refractivity contribution in [1.82, 2.24) is 0 Å². The zero-order valence-corrected chi connectivity index (χ0v) is 7.73. The number of ether oxygens (including phenoxy) is 2. The molecule has 4 heteroatoms. The Morgan fingerprint density at radius 2 is 2.15 bits per heavy atom. The minimum atomic E-state index is -0.725. The third-order valence-corrected chi connectivity index (χ3v) is 2.42. The quantitative estimate of drug-likeness (QED) is 0.557. The van der Waals surface area contributed by atoms with Gasteiger partial charge >= 0.3 is 0 Å². The Kier molecular flexibility index (Phi) is 1.96. The van der Waals surface area contributed by atoms with Crippen LogP contribution in [0.5, 0.6) is 0 Å². The largest absolute Gasteiger partial charge is 0.392 e. The van der Waals surface area contributed by atoms with Crippen LogP contribution in [0, 0.1) is 0 Å². The van der Waals surface area contributed by atoms with E-state index in [1.54, 1.807) is 6.08 Å². The van der Waals surface area contributed by atoms with Gasteiger partial charge < -0.3 is 19.7 Å². The first-order valence-electron chi connectivity index (χ1n) is 4.38. The molecule has 0 aromatic heterocycles. The molecule has 0 unspecified atom stereocenters. The third-order valence-electron chi connectivity index (χ3n) is 2.42. The summed E-state index contributed by atoms with van der Waals surface area (Å²) in [4.78, 5) is 0. The van der Waals surface area contributed by atoms with Crippen LogP contribution in [0.15, 0.2) is 11.6 Å². The molecule has 0 spiro atoms. The summed E-state index contributed by atoms with van der Waals surface area (Å²) in [6.45, 7) is 3.48. The molecule has 1 heterocycles. The van der Waals surface area contributed by atoms with Gasteiger partial charge in [0.1, 0.15) is 18.3 Å². The summed E-state index contributed by atoms with van der Waals surface area (Å²) >= 11 is 0. The number of rotatable bonds is 1. The van der Waals surface area contributed by atoms with E-state index in [2.05, 4.69) is 0 Å². The number of hydrogen-bond acceptors (Lipinski definition) is 4. The van der Waals surface area contributed by atoms with Crippen LogP contribution in [0.3, 0.4) is 0 Å². The van der Waals surface area contributed by atoms with E-state index in [9.17, 15) is 5.11 Å². The molecule has 2 rings (SSSR count). The molecule has 0 saturated carbocycles. The van der Waals surface area contributed by atoms with Gasteiger partial charge in [-0.05, 0) is 25.5 Å². The molecule has 13 heavy (non-hydrogen) atoms. The van der Waals surface area contributed by atoms with Crippen LogP contribution >= 0.6 is 0 Å². The highest BCUT2D eigenvalue weighted by molar-refractivity contribution is 5.24. The second-order valence-electron chi connectivity index (χ2n) is 3.91. The van der Waals surface area contributed by atoms with Gasteiger partial charge in [-0.15, -0.1) is 0 Å². The lowest BCUT2D eigenvalue weighted by molar-refractivity contribution is -0.153. The highest BCUT2D eigenvalue weighted by atomic mass is 16.8. The Morgan fingerprint density at radius 3 is 2.69 bits per heavy atom. The van der Waals surface area contributed by atoms with E-state index in [-0.39, 0.29) is 18.8 Å². The molecule has 2 aliphatic rings. The van der Waals surface area contributed by atoms with Crippen LogP contribution in [0.25, 0.3) is 0 Å². The summed E-state index contributed by atoms with van der Waals surface area (Å²) in [7, 11) is 0. The van der Waals surface area contributed by atoms with E-state index in [0.717, 1.165) is 0 Å². The van der Waals surface area contributed by atoms with Crippen LogP contribution in [0.2, 0.25) is 0 Å². The minimum Gasteiger partial charge on any atom is -0.392 e. The summed E-state index contributed by atoms with van der Waals surface area (Å²) in [5, 5.41) is 18.5. The summed E-state index contributed by atoms with van der Waals surface area (Å²) in [5.41, 5.74) is 0.588. The molecule has 1 saturated heterocycles. The first kappa shape index (κ1) is 9.15. The maximum atomic E-state index is 9.66. The second kappa shape index (κ2) is 2.78. The van der Waals surface area contributed by atoms with E-state index < -0.39 is 11.9 Å². The maximum absolute atomic E-state index is 9.66. The molecule has 0 amide bonds. The lowest BCUT2D eigenvalue weighted by Gasteiger charge is -2.19. The van der Waals surface area contributed by atoms with Crippen molar-refractivity contribution in [2.75, 3.05) is 6.61 Å². The van der Waals surface area contributed by atoms with E-state index in [1.807, 2.05) is 13.8 Å². The standard InChI is InChI=1S/C9H14O4/c1-9(2)12-6-3-5(4-10)7(11)8(6)13-9/h3,6-8,10-11H,4H2,1-2H3/t6-,7+,8-/m1/s1. The smallest absolute Gasteiger partial charge is 0.164 e. The molecular weight excluding hydrogens is 172 g/mol. The number of hydrogen-bond donors (Lipinski definition) is 2. The molecule has 0 aromatic carbocycles. The molecule has 3 atom stereocenters. The summed E-state index contributed by atoms with van der Waals surface area (Å²) in [5.74, 6) is -0.631. The van der Waals surface area contributed by atoms with Crippen molar-refractivity contribution in [3.63, 3.8) is 0 Å². The second-order valence-corrected chi connectivity index (χ2v) is 3.91. The average Bonchev–Trinajstić information content (AvgIpc) is 2.47. The van der Waals surface area contributed by atoms with Gasteiger partial charge in [0.25, 0.3) is 0 Å². The Balaban J connectivity index is 2.16. The summed E-state index contributed by atoms with van der Waals surface area (Å²) in [6.07, 6.45) is 0.449. The van der Waals surface area contributed by atoms with E-state index >= 15 is 0 Å². The number of aliphatic hydroxyl groups is 2. The fourth-order valence-electron chi connectivity index (χ4n) is 1.86. The molecule has 0 radical (unpaired) electrons. The average molecular weight is 186 g/mol. The molecule has 0 aromatic rings. The molecule has 74 valence electrons. The summed E-state index contributed by atoms with van der Waals surface area (Å²) < 4.78 is 11.0. The molecule has 1 aliphatic carbocycles. The normalized spacial score (nSPS) is 41.8. The molecule has 4 nitrogen and oxygen atoms in total. The lowest BCUT2D eigenvalue weighted by atomic mass is 10.1. The van der Waals surface area contributed by atoms with Crippen molar-refractivity contribution < 1.29 is 19.7 Å². The Bertz CT molecular complexity index is 246. The zero-order valence-electron chi connectivity index (χ0n) is 7.73. The van der Waals surface area contributed by atoms with Crippen molar-refractivity contribution in [3.05, 3.63) is 11.6 Å². The van der Waals surface area contributed by atoms with Gasteiger partial charge in [0.05, 0.1) is 6.61 Å². The van der Waals surface area contributed by atoms with E-state index in [1.165, 1.54) is 0 Å². The van der Waals surface area contributed by atoms with E-state index in [0.29, 0.717) is 5.57 Å². The molecular formula is C9H14O4. The highest BCUT2D eigenvalue weighted by Gasteiger charge is 2.48. The first-order chi connectivity index (χ1) is 6.03. The van der Waals surface area contributed by atoms with Crippen LogP contribution in [-0.4, -0.2) is 40.9 Å². The first-order valence-corrected chi connectivity index (χ1v) is 4.38. The molecule has 0 bridgehead atoms. The van der Waals surface area contributed by atoms with E-state index in [4.69, 9.17) is 14.6 Å². The molecule has 1 aliphatic heterocycles. The Hall–Kier alpha value is -0.420. The van der Waals surface area contributed by atoms with Crippen LogP contribution in [0.1, 0.15) is 13.8 Å². The predicted molar refractivity (Wildman–Crippen MR) is 45.0 cm³/mol.